The standard InChI is InChI=1S/C15H13.C11H17.2C7H7.CH2.2ClH.Zr/c1-10-3-5-14-12(7-10)9-13-8-11(2)4-6-15(13)14;1-5-9-6-7-10(8-9)11(2,3)4;2*1-7-5-3-2-4-6-7;;;;/h3-7H,9H2,1-2H3;7-9H,5H2,1-4H3;2*3-6H,1H3;1H2;2*1H;. The Balaban J connectivity index is 0.00000221. The van der Waals surface area contributed by atoms with E-state index in [0.29, 0.717) is 5.92 Å². The molecule has 6 rings (SSSR count). The molecule has 4 aromatic carbocycles. The van der Waals surface area contributed by atoms with Crippen LogP contribution in [0.1, 0.15) is 67.5 Å². The van der Waals surface area contributed by atoms with Gasteiger partial charge in [-0.15, -0.1) is 24.8 Å². The molecule has 3 heteroatoms. The van der Waals surface area contributed by atoms with Crippen LogP contribution in [0.25, 0.3) is 11.1 Å². The zero-order chi connectivity index (χ0) is 30.1. The molecular weight excluding hydrogens is 655 g/mol. The molecule has 0 aliphatic heterocycles. The number of benzene rings is 4. The number of allylic oxidation sites excluding steroid dienone is 4. The van der Waals surface area contributed by atoms with Crippen LogP contribution in [0.15, 0.2) is 99.9 Å². The Bertz CT molecular complexity index is 1800. The molecule has 0 amide bonds. The van der Waals surface area contributed by atoms with Gasteiger partial charge in [0.05, 0.1) is 0 Å². The van der Waals surface area contributed by atoms with Crippen molar-refractivity contribution in [3.05, 3.63) is 133 Å². The van der Waals surface area contributed by atoms with E-state index in [0.717, 1.165) is 12.8 Å². The maximum atomic E-state index is 5.79. The van der Waals surface area contributed by atoms with Gasteiger partial charge >= 0.3 is 256 Å². The molecule has 0 saturated carbocycles. The van der Waals surface area contributed by atoms with Crippen LogP contribution in [0.3, 0.4) is 0 Å². The summed E-state index contributed by atoms with van der Waals surface area (Å²) in [6.45, 7) is 18.4. The van der Waals surface area contributed by atoms with Crippen molar-refractivity contribution < 1.29 is 18.3 Å². The number of halogens is 2. The second-order valence-electron chi connectivity index (χ2n) is 14.3. The Morgan fingerprint density at radius 1 is 0.727 bits per heavy atom. The van der Waals surface area contributed by atoms with Crippen LogP contribution in [0.2, 0.25) is 0 Å². The predicted molar refractivity (Wildman–Crippen MR) is 196 cm³/mol. The summed E-state index contributed by atoms with van der Waals surface area (Å²) < 4.78 is 11.8. The van der Waals surface area contributed by atoms with Gasteiger partial charge in [0.25, 0.3) is 0 Å². The second-order valence-corrected chi connectivity index (χ2v) is 26.9. The molecule has 1 atom stereocenters. The zero-order valence-electron chi connectivity index (χ0n) is 27.7. The SMILES string of the molecule is Cl.Cl.[CH2]=[Zr]([C]1=CC(C(C)(C)C)=CC1CC)([c]1ccc(C)cc1)([c]1ccc(C)cc1)[c]1c(C)ccc2c1Cc1cc(C)ccc1-2. The fourth-order valence-electron chi connectivity index (χ4n) is 8.07. The van der Waals surface area contributed by atoms with Gasteiger partial charge in [0.2, 0.25) is 0 Å². The van der Waals surface area contributed by atoms with E-state index < -0.39 is 18.3 Å². The van der Waals surface area contributed by atoms with Crippen LogP contribution in [-0.2, 0) is 24.7 Å². The van der Waals surface area contributed by atoms with Crippen molar-refractivity contribution in [3.63, 3.8) is 0 Å². The van der Waals surface area contributed by atoms with E-state index in [1.807, 2.05) is 0 Å². The molecule has 2 aliphatic rings. The van der Waals surface area contributed by atoms with Crippen LogP contribution < -0.4 is 9.81 Å². The van der Waals surface area contributed by atoms with Crippen molar-refractivity contribution >= 4 is 38.8 Å². The molecule has 0 radical (unpaired) electrons. The van der Waals surface area contributed by atoms with Gasteiger partial charge in [-0.2, -0.15) is 0 Å². The molecule has 0 bridgehead atoms. The van der Waals surface area contributed by atoms with Crippen LogP contribution in [0.4, 0.5) is 0 Å². The van der Waals surface area contributed by atoms with Crippen molar-refractivity contribution in [2.75, 3.05) is 0 Å². The van der Waals surface area contributed by atoms with Gasteiger partial charge in [-0.25, -0.2) is 0 Å². The summed E-state index contributed by atoms with van der Waals surface area (Å²) in [4.78, 5) is 0. The minimum absolute atomic E-state index is 0. The number of rotatable bonds is 5. The predicted octanol–water partition coefficient (Wildman–Crippen LogP) is 9.63. The Morgan fingerprint density at radius 3 is 1.77 bits per heavy atom. The third kappa shape index (κ3) is 5.12. The van der Waals surface area contributed by atoms with Crippen LogP contribution in [0.5, 0.6) is 0 Å². The second kappa shape index (κ2) is 12.1. The third-order valence-corrected chi connectivity index (χ3v) is 27.1. The Labute approximate surface area is 279 Å². The van der Waals surface area contributed by atoms with Gasteiger partial charge in [-0.3, -0.25) is 0 Å². The average molecular weight is 703 g/mol. The fraction of sp³-hybridized carbons (Fsp3) is 0.293. The number of hydrogen-bond donors (Lipinski definition) is 0. The fourth-order valence-corrected chi connectivity index (χ4v) is 25.5. The Kier molecular flexibility index (Phi) is 9.53. The van der Waals surface area contributed by atoms with E-state index >= 15 is 0 Å². The summed E-state index contributed by atoms with van der Waals surface area (Å²) in [5.74, 6) is 0.367. The first-order valence-electron chi connectivity index (χ1n) is 15.7. The Morgan fingerprint density at radius 2 is 1.25 bits per heavy atom. The summed E-state index contributed by atoms with van der Waals surface area (Å²) in [7, 11) is 0. The van der Waals surface area contributed by atoms with Gasteiger partial charge in [0.1, 0.15) is 0 Å². The van der Waals surface area contributed by atoms with Crippen LogP contribution in [-0.4, -0.2) is 4.21 Å². The first-order valence-corrected chi connectivity index (χ1v) is 22.4. The molecule has 2 aliphatic carbocycles. The molecule has 0 spiro atoms. The third-order valence-electron chi connectivity index (χ3n) is 10.4. The van der Waals surface area contributed by atoms with E-state index in [1.165, 1.54) is 56.6 Å². The summed E-state index contributed by atoms with van der Waals surface area (Å²) in [6, 6.07) is 30.9. The first-order chi connectivity index (χ1) is 19.9. The Hall–Kier alpha value is -2.31. The topological polar surface area (TPSA) is 0 Å². The van der Waals surface area contributed by atoms with Gasteiger partial charge in [0.15, 0.2) is 0 Å². The molecule has 0 fully saturated rings. The van der Waals surface area contributed by atoms with Crippen molar-refractivity contribution in [1.82, 2.24) is 0 Å². The monoisotopic (exact) mass is 700 g/mol. The first kappa shape index (κ1) is 34.6. The van der Waals surface area contributed by atoms with Crippen LogP contribution in [0, 0.1) is 39.0 Å². The van der Waals surface area contributed by atoms with E-state index in [2.05, 4.69) is 146 Å². The van der Waals surface area contributed by atoms with E-state index in [4.69, 9.17) is 4.21 Å². The van der Waals surface area contributed by atoms with Crippen molar-refractivity contribution in [3.8, 4) is 11.1 Å². The molecule has 0 saturated heterocycles. The normalized spacial score (nSPS) is 15.9. The van der Waals surface area contributed by atoms with E-state index in [1.54, 1.807) is 6.55 Å². The van der Waals surface area contributed by atoms with E-state index in [-0.39, 0.29) is 30.2 Å². The number of hydrogen-bond acceptors (Lipinski definition) is 0. The zero-order valence-corrected chi connectivity index (χ0v) is 31.8. The molecule has 0 nitrogen and oxygen atoms in total. The summed E-state index contributed by atoms with van der Waals surface area (Å²) in [6.07, 6.45) is 7.27. The number of fused-ring (bicyclic) bond motifs is 3. The number of aryl methyl sites for hydroxylation is 4. The van der Waals surface area contributed by atoms with Crippen molar-refractivity contribution in [1.29, 1.82) is 0 Å². The average Bonchev–Trinajstić information content (AvgIpc) is 3.55. The minimum atomic E-state index is -4.86. The molecule has 0 heterocycles. The van der Waals surface area contributed by atoms with Crippen molar-refractivity contribution in [2.45, 2.75) is 68.2 Å². The van der Waals surface area contributed by atoms with Gasteiger partial charge in [-0.1, -0.05) is 0 Å². The molecule has 4 aromatic rings. The van der Waals surface area contributed by atoms with Gasteiger partial charge in [-0.05, 0) is 0 Å². The quantitative estimate of drug-likeness (QED) is 0.171. The van der Waals surface area contributed by atoms with Crippen molar-refractivity contribution in [2.24, 2.45) is 11.3 Å². The van der Waals surface area contributed by atoms with E-state index in [9.17, 15) is 0 Å². The van der Waals surface area contributed by atoms with Crippen LogP contribution >= 0.6 is 24.8 Å². The maximum absolute atomic E-state index is 5.79. The molecular formula is C41H48Cl2Zr. The summed E-state index contributed by atoms with van der Waals surface area (Å²) >= 11 is -4.86. The summed E-state index contributed by atoms with van der Waals surface area (Å²) in [5, 5.41) is 0. The molecule has 44 heavy (non-hydrogen) atoms. The molecule has 0 aromatic heterocycles. The molecule has 1 unspecified atom stereocenters. The summed E-state index contributed by atoms with van der Waals surface area (Å²) in [5.41, 5.74) is 12.6. The molecule has 230 valence electrons. The molecule has 0 N–H and O–H groups in total. The van der Waals surface area contributed by atoms with Gasteiger partial charge in [0, 0.05) is 0 Å². The van der Waals surface area contributed by atoms with Gasteiger partial charge < -0.3 is 0 Å².